The molecule has 1 heterocycles. The monoisotopic (exact) mass is 305 g/mol. The maximum atomic E-state index is 12.7. The average molecular weight is 306 g/mol. The number of aryl methyl sites for hydroxylation is 1. The largest absolute Gasteiger partial charge is 0.311 e. The molecule has 1 aliphatic rings. The molecule has 1 saturated heterocycles. The molecule has 4 nitrogen and oxygen atoms in total. The lowest BCUT2D eigenvalue weighted by atomic mass is 10.1. The molecule has 1 fully saturated rings. The molecule has 1 unspecified atom stereocenters. The summed E-state index contributed by atoms with van der Waals surface area (Å²) < 4.78 is 33.9. The van der Waals surface area contributed by atoms with Crippen molar-refractivity contribution in [3.8, 4) is 0 Å². The second-order valence-electron chi connectivity index (χ2n) is 4.69. The van der Waals surface area contributed by atoms with Gasteiger partial charge < -0.3 is 4.90 Å². The van der Waals surface area contributed by atoms with Crippen molar-refractivity contribution in [2.45, 2.75) is 13.3 Å². The normalized spacial score (nSPS) is 20.1. The minimum atomic E-state index is -4.57. The molecule has 0 spiro atoms. The second-order valence-corrected chi connectivity index (χ2v) is 6.48. The van der Waals surface area contributed by atoms with Gasteiger partial charge in [-0.05, 0) is 18.6 Å². The van der Waals surface area contributed by atoms with Crippen molar-refractivity contribution in [1.82, 2.24) is 0 Å². The van der Waals surface area contributed by atoms with E-state index in [-0.39, 0.29) is 18.9 Å². The predicted molar refractivity (Wildman–Crippen MR) is 71.5 cm³/mol. The van der Waals surface area contributed by atoms with Crippen molar-refractivity contribution >= 4 is 33.4 Å². The Balaban J connectivity index is 2.23. The quantitative estimate of drug-likeness (QED) is 0.805. The van der Waals surface area contributed by atoms with Crippen LogP contribution in [0.15, 0.2) is 18.2 Å². The van der Waals surface area contributed by atoms with E-state index in [2.05, 4.69) is 0 Å². The van der Waals surface area contributed by atoms with Crippen LogP contribution in [0.3, 0.4) is 0 Å². The summed E-state index contributed by atoms with van der Waals surface area (Å²) in [5, 5.41) is 0.458. The Morgan fingerprint density at radius 3 is 2.79 bits per heavy atom. The fourth-order valence-electron chi connectivity index (χ4n) is 2.25. The molecule has 7 heteroatoms. The van der Waals surface area contributed by atoms with Crippen molar-refractivity contribution in [2.24, 2.45) is 5.92 Å². The molecule has 1 atom stereocenters. The summed E-state index contributed by atoms with van der Waals surface area (Å²) in [5.74, 6) is -1.39. The van der Waals surface area contributed by atoms with Gasteiger partial charge in [-0.2, -0.15) is 8.42 Å². The van der Waals surface area contributed by atoms with Crippen LogP contribution in [0.5, 0.6) is 0 Å². The molecule has 1 aromatic rings. The molecule has 1 amide bonds. The van der Waals surface area contributed by atoms with Gasteiger partial charge in [0.1, 0.15) is 0 Å². The average Bonchev–Trinajstić information content (AvgIpc) is 2.61. The van der Waals surface area contributed by atoms with Crippen molar-refractivity contribution < 1.29 is 17.1 Å². The van der Waals surface area contributed by atoms with Gasteiger partial charge in [0.2, 0.25) is 5.91 Å². The Hall–Kier alpha value is -1.14. The third-order valence-corrected chi connectivity index (χ3v) is 4.46. The summed E-state index contributed by atoms with van der Waals surface area (Å²) in [6, 6.07) is 5.28. The van der Waals surface area contributed by atoms with Gasteiger partial charge in [-0.3, -0.25) is 4.79 Å². The van der Waals surface area contributed by atoms with Crippen LogP contribution in [-0.2, 0) is 15.0 Å². The third-order valence-electron chi connectivity index (χ3n) is 3.10. The SMILES string of the molecule is Cc1cccc(N2CC(CS(=O)(=O)F)CC2=O)c1Cl. The maximum Gasteiger partial charge on any atom is 0.302 e. The summed E-state index contributed by atoms with van der Waals surface area (Å²) in [6.07, 6.45) is 0.0213. The molecule has 0 saturated carbocycles. The molecule has 0 bridgehead atoms. The zero-order valence-corrected chi connectivity index (χ0v) is 11.8. The van der Waals surface area contributed by atoms with E-state index in [1.54, 1.807) is 12.1 Å². The first-order valence-corrected chi connectivity index (χ1v) is 7.69. The molecule has 1 aliphatic heterocycles. The van der Waals surface area contributed by atoms with E-state index >= 15 is 0 Å². The number of halogens is 2. The molecular formula is C12H13ClFNO3S. The van der Waals surface area contributed by atoms with E-state index in [0.29, 0.717) is 10.7 Å². The third kappa shape index (κ3) is 3.25. The van der Waals surface area contributed by atoms with Gasteiger partial charge in [-0.1, -0.05) is 23.7 Å². The number of carbonyl (C=O) groups excluding carboxylic acids is 1. The van der Waals surface area contributed by atoms with Crippen molar-refractivity contribution in [1.29, 1.82) is 0 Å². The number of benzene rings is 1. The second kappa shape index (κ2) is 5.09. The first-order chi connectivity index (χ1) is 8.78. The zero-order chi connectivity index (χ0) is 14.2. The van der Waals surface area contributed by atoms with Crippen molar-refractivity contribution in [3.63, 3.8) is 0 Å². The van der Waals surface area contributed by atoms with Crippen LogP contribution < -0.4 is 4.90 Å². The number of hydrogen-bond donors (Lipinski definition) is 0. The summed E-state index contributed by atoms with van der Waals surface area (Å²) in [7, 11) is -4.57. The Labute approximate surface area is 116 Å². The van der Waals surface area contributed by atoms with Gasteiger partial charge in [0, 0.05) is 18.9 Å². The first-order valence-electron chi connectivity index (χ1n) is 5.76. The van der Waals surface area contributed by atoms with E-state index in [1.165, 1.54) is 4.90 Å². The Morgan fingerprint density at radius 2 is 2.16 bits per heavy atom. The lowest BCUT2D eigenvalue weighted by molar-refractivity contribution is -0.117. The number of amides is 1. The van der Waals surface area contributed by atoms with Crippen molar-refractivity contribution in [3.05, 3.63) is 28.8 Å². The molecule has 0 N–H and O–H groups in total. The molecule has 19 heavy (non-hydrogen) atoms. The molecule has 104 valence electrons. The summed E-state index contributed by atoms with van der Waals surface area (Å²) in [6.45, 7) is 1.99. The predicted octanol–water partition coefficient (Wildman–Crippen LogP) is 2.30. The van der Waals surface area contributed by atoms with Gasteiger partial charge in [-0.25, -0.2) is 0 Å². The number of anilines is 1. The summed E-state index contributed by atoms with van der Waals surface area (Å²) >= 11 is 6.13. The highest BCUT2D eigenvalue weighted by atomic mass is 35.5. The van der Waals surface area contributed by atoms with Crippen LogP contribution in [0, 0.1) is 12.8 Å². The van der Waals surface area contributed by atoms with Crippen LogP contribution in [0.1, 0.15) is 12.0 Å². The smallest absolute Gasteiger partial charge is 0.302 e. The number of nitrogens with zero attached hydrogens (tertiary/aromatic N) is 1. The molecule has 1 aromatic carbocycles. The fraction of sp³-hybridized carbons (Fsp3) is 0.417. The Morgan fingerprint density at radius 1 is 1.47 bits per heavy atom. The van der Waals surface area contributed by atoms with Gasteiger partial charge in [0.05, 0.1) is 16.5 Å². The van der Waals surface area contributed by atoms with Gasteiger partial charge in [0.25, 0.3) is 0 Å². The molecule has 2 rings (SSSR count). The van der Waals surface area contributed by atoms with Crippen molar-refractivity contribution in [2.75, 3.05) is 17.2 Å². The molecule has 0 aliphatic carbocycles. The summed E-state index contributed by atoms with van der Waals surface area (Å²) in [5.41, 5.74) is 1.37. The van der Waals surface area contributed by atoms with E-state index in [9.17, 15) is 17.1 Å². The highest BCUT2D eigenvalue weighted by Crippen LogP contribution is 2.33. The van der Waals surface area contributed by atoms with Gasteiger partial charge in [-0.15, -0.1) is 3.89 Å². The van der Waals surface area contributed by atoms with Crippen LogP contribution in [0.25, 0.3) is 0 Å². The highest BCUT2D eigenvalue weighted by molar-refractivity contribution is 7.86. The van der Waals surface area contributed by atoms with E-state index in [1.807, 2.05) is 13.0 Å². The Bertz CT molecular complexity index is 617. The lowest BCUT2D eigenvalue weighted by Crippen LogP contribution is -2.25. The fourth-order valence-corrected chi connectivity index (χ4v) is 3.26. The number of carbonyl (C=O) groups is 1. The topological polar surface area (TPSA) is 54.5 Å². The molecule has 0 aromatic heterocycles. The van der Waals surface area contributed by atoms with E-state index < -0.39 is 21.9 Å². The van der Waals surface area contributed by atoms with Crippen LogP contribution in [0.4, 0.5) is 9.57 Å². The zero-order valence-electron chi connectivity index (χ0n) is 10.3. The lowest BCUT2D eigenvalue weighted by Gasteiger charge is -2.19. The minimum Gasteiger partial charge on any atom is -0.311 e. The number of hydrogen-bond acceptors (Lipinski definition) is 3. The summed E-state index contributed by atoms with van der Waals surface area (Å²) in [4.78, 5) is 13.3. The molecular weight excluding hydrogens is 293 g/mol. The standard InChI is InChI=1S/C12H13ClFNO3S/c1-8-3-2-4-10(12(8)13)15-6-9(5-11(15)16)7-19(14,17)18/h2-4,9H,5-7H2,1H3. The van der Waals surface area contributed by atoms with E-state index in [4.69, 9.17) is 11.6 Å². The van der Waals surface area contributed by atoms with E-state index in [0.717, 1.165) is 5.56 Å². The molecule has 0 radical (unpaired) electrons. The van der Waals surface area contributed by atoms with Crippen LogP contribution in [-0.4, -0.2) is 26.6 Å². The van der Waals surface area contributed by atoms with Crippen LogP contribution in [0.2, 0.25) is 5.02 Å². The van der Waals surface area contributed by atoms with Crippen LogP contribution >= 0.6 is 11.6 Å². The maximum absolute atomic E-state index is 12.7. The van der Waals surface area contributed by atoms with Gasteiger partial charge in [0.15, 0.2) is 0 Å². The first kappa shape index (κ1) is 14.3. The Kier molecular flexibility index (Phi) is 3.82. The highest BCUT2D eigenvalue weighted by Gasteiger charge is 2.34. The van der Waals surface area contributed by atoms with Gasteiger partial charge >= 0.3 is 10.2 Å². The minimum absolute atomic E-state index is 0.0213. The number of rotatable bonds is 3.